The van der Waals surface area contributed by atoms with Crippen LogP contribution in [0.4, 0.5) is 0 Å². The summed E-state index contributed by atoms with van der Waals surface area (Å²) in [5.41, 5.74) is 0.310. The Hall–Kier alpha value is -3.10. The van der Waals surface area contributed by atoms with Gasteiger partial charge in [0.25, 0.3) is 11.8 Å². The third-order valence-corrected chi connectivity index (χ3v) is 7.81. The van der Waals surface area contributed by atoms with Crippen LogP contribution in [-0.4, -0.2) is 107 Å². The van der Waals surface area contributed by atoms with Crippen LogP contribution in [0, 0.1) is 5.92 Å². The minimum atomic E-state index is -0.947. The number of hydrogen-bond donors (Lipinski definition) is 2. The van der Waals surface area contributed by atoms with E-state index < -0.39 is 47.0 Å². The summed E-state index contributed by atoms with van der Waals surface area (Å²) in [5, 5.41) is 4.54. The molecule has 13 nitrogen and oxygen atoms in total. The molecule has 0 spiro atoms. The first kappa shape index (κ1) is 35.1. The molecule has 0 aliphatic carbocycles. The minimum Gasteiger partial charge on any atom is -0.366 e. The van der Waals surface area contributed by atoms with Crippen LogP contribution in [0.5, 0.6) is 0 Å². The van der Waals surface area contributed by atoms with E-state index in [-0.39, 0.29) is 75.6 Å². The molecule has 2 fully saturated rings. The lowest BCUT2D eigenvalue weighted by molar-refractivity contribution is -0.144. The van der Waals surface area contributed by atoms with Crippen LogP contribution < -0.4 is 10.6 Å². The smallest absolute Gasteiger partial charge is 0.263 e. The number of carbonyl (C=O) groups is 7. The van der Waals surface area contributed by atoms with Crippen molar-refractivity contribution in [2.24, 2.45) is 5.92 Å². The van der Waals surface area contributed by atoms with Crippen LogP contribution in [0.15, 0.2) is 12.3 Å². The van der Waals surface area contributed by atoms with Gasteiger partial charge in [-0.25, -0.2) is 0 Å². The zero-order valence-corrected chi connectivity index (χ0v) is 25.8. The number of nitrogens with zero attached hydrogens (tertiary/aromatic N) is 2. The minimum absolute atomic E-state index is 0.0107. The largest absolute Gasteiger partial charge is 0.366 e. The number of ether oxygens (including phenoxy) is 2. The summed E-state index contributed by atoms with van der Waals surface area (Å²) in [6.45, 7) is 12.3. The van der Waals surface area contributed by atoms with Gasteiger partial charge in [-0.15, -0.1) is 11.8 Å². The highest BCUT2D eigenvalue weighted by Crippen LogP contribution is 2.21. The number of allylic oxidation sites excluding steroid dienone is 1. The Balaban J connectivity index is 1.82. The molecule has 2 aliphatic heterocycles. The summed E-state index contributed by atoms with van der Waals surface area (Å²) < 4.78 is 11.0. The second-order valence-electron chi connectivity index (χ2n) is 10.7. The predicted octanol–water partition coefficient (Wildman–Crippen LogP) is 0.556. The van der Waals surface area contributed by atoms with Crippen molar-refractivity contribution in [1.82, 2.24) is 20.4 Å². The van der Waals surface area contributed by atoms with E-state index in [0.29, 0.717) is 11.4 Å². The van der Waals surface area contributed by atoms with Crippen molar-refractivity contribution in [3.63, 3.8) is 0 Å². The van der Waals surface area contributed by atoms with Gasteiger partial charge in [0, 0.05) is 49.3 Å². The molecule has 0 aromatic carbocycles. The summed E-state index contributed by atoms with van der Waals surface area (Å²) in [6, 6.07) is -0.262. The van der Waals surface area contributed by atoms with Crippen LogP contribution in [0.1, 0.15) is 60.3 Å². The van der Waals surface area contributed by atoms with Gasteiger partial charge in [0.2, 0.25) is 23.6 Å². The standard InChI is InChI=1S/C28H42N4O9S/c1-16(2)19(33)7-12-42-22(26(37)30-9-11-41-21-14-25(36)32(18(5)6)28(21)39)15-23(34)29-8-10-40-20-13-24(35)31(17(3)4)27(20)38/h16-17,20-22H,5,7-15H2,1-4,6H3,(H,29,34)(H,30,37). The molecule has 234 valence electrons. The fourth-order valence-corrected chi connectivity index (χ4v) is 5.48. The molecule has 0 aromatic heterocycles. The fraction of sp³-hybridized carbons (Fsp3) is 0.679. The lowest BCUT2D eigenvalue weighted by Crippen LogP contribution is -2.40. The highest BCUT2D eigenvalue weighted by atomic mass is 32.2. The molecule has 42 heavy (non-hydrogen) atoms. The van der Waals surface area contributed by atoms with E-state index in [4.69, 9.17) is 9.47 Å². The maximum atomic E-state index is 12.9. The quantitative estimate of drug-likeness (QED) is 0.165. The van der Waals surface area contributed by atoms with Crippen molar-refractivity contribution in [1.29, 1.82) is 0 Å². The molecule has 2 aliphatic rings. The first-order chi connectivity index (χ1) is 19.7. The Morgan fingerprint density at radius 3 is 2.02 bits per heavy atom. The number of rotatable bonds is 18. The molecule has 0 radical (unpaired) electrons. The van der Waals surface area contributed by atoms with Crippen LogP contribution in [0.3, 0.4) is 0 Å². The Bertz CT molecular complexity index is 1080. The SMILES string of the molecule is C=C(C)N1C(=O)CC(OCCNC(=O)C(CC(=O)NCCOC2CC(=O)N(C(C)C)C2=O)SCCC(=O)C(C)C)C1=O. The lowest BCUT2D eigenvalue weighted by atomic mass is 10.1. The third-order valence-electron chi connectivity index (χ3n) is 6.58. The zero-order valence-electron chi connectivity index (χ0n) is 24.9. The molecule has 0 saturated carbocycles. The third kappa shape index (κ3) is 10.0. The van der Waals surface area contributed by atoms with Gasteiger partial charge in [-0.3, -0.25) is 43.4 Å². The maximum Gasteiger partial charge on any atom is 0.263 e. The second kappa shape index (κ2) is 16.5. The van der Waals surface area contributed by atoms with Gasteiger partial charge in [0.15, 0.2) is 0 Å². The molecule has 3 atom stereocenters. The Kier molecular flexibility index (Phi) is 13.8. The van der Waals surface area contributed by atoms with Crippen LogP contribution in [0.25, 0.3) is 0 Å². The Labute approximate surface area is 250 Å². The molecule has 3 unspecified atom stereocenters. The number of thioether (sulfide) groups is 1. The van der Waals surface area contributed by atoms with Crippen molar-refractivity contribution < 1.29 is 43.0 Å². The average molecular weight is 611 g/mol. The summed E-state index contributed by atoms with van der Waals surface area (Å²) in [5.74, 6) is -2.19. The van der Waals surface area contributed by atoms with Crippen molar-refractivity contribution in [3.05, 3.63) is 12.3 Å². The number of ketones is 1. The number of Topliss-reactive ketones (excluding diaryl/α,β-unsaturated/α-hetero) is 1. The van der Waals surface area contributed by atoms with Crippen LogP contribution in [-0.2, 0) is 43.0 Å². The summed E-state index contributed by atoms with van der Waals surface area (Å²) >= 11 is 1.19. The van der Waals surface area contributed by atoms with E-state index in [0.717, 1.165) is 4.90 Å². The summed E-state index contributed by atoms with van der Waals surface area (Å²) in [6.07, 6.45) is -1.89. The van der Waals surface area contributed by atoms with E-state index in [1.165, 1.54) is 16.7 Å². The van der Waals surface area contributed by atoms with Gasteiger partial charge < -0.3 is 20.1 Å². The molecule has 6 amide bonds. The lowest BCUT2D eigenvalue weighted by Gasteiger charge is -2.19. The van der Waals surface area contributed by atoms with Gasteiger partial charge in [0.05, 0.1) is 31.3 Å². The number of carbonyl (C=O) groups excluding carboxylic acids is 7. The fourth-order valence-electron chi connectivity index (χ4n) is 4.37. The predicted molar refractivity (Wildman–Crippen MR) is 154 cm³/mol. The molecule has 0 bridgehead atoms. The summed E-state index contributed by atoms with van der Waals surface area (Å²) in [4.78, 5) is 88.3. The van der Waals surface area contributed by atoms with E-state index in [1.807, 2.05) is 0 Å². The van der Waals surface area contributed by atoms with Crippen molar-refractivity contribution in [3.8, 4) is 0 Å². The molecule has 0 aromatic rings. The Morgan fingerprint density at radius 2 is 1.50 bits per heavy atom. The van der Waals surface area contributed by atoms with Crippen LogP contribution >= 0.6 is 11.8 Å². The number of likely N-dealkylation sites (tertiary alicyclic amines) is 2. The van der Waals surface area contributed by atoms with E-state index >= 15 is 0 Å². The molecular weight excluding hydrogens is 568 g/mol. The molecule has 2 rings (SSSR count). The van der Waals surface area contributed by atoms with Crippen molar-refractivity contribution >= 4 is 53.0 Å². The number of nitrogens with one attached hydrogen (secondary N) is 2. The van der Waals surface area contributed by atoms with Gasteiger partial charge in [0.1, 0.15) is 18.0 Å². The van der Waals surface area contributed by atoms with Crippen molar-refractivity contribution in [2.45, 2.75) is 83.8 Å². The normalized spacial score (nSPS) is 19.7. The zero-order chi connectivity index (χ0) is 31.6. The highest BCUT2D eigenvalue weighted by molar-refractivity contribution is 8.00. The van der Waals surface area contributed by atoms with Gasteiger partial charge in [-0.1, -0.05) is 20.4 Å². The van der Waals surface area contributed by atoms with E-state index in [1.54, 1.807) is 34.6 Å². The second-order valence-corrected chi connectivity index (χ2v) is 12.0. The topological polar surface area (TPSA) is 168 Å². The van der Waals surface area contributed by atoms with Gasteiger partial charge in [-0.05, 0) is 20.8 Å². The first-order valence-corrected chi connectivity index (χ1v) is 15.1. The molecule has 2 N–H and O–H groups in total. The molecule has 2 heterocycles. The van der Waals surface area contributed by atoms with E-state index in [2.05, 4.69) is 17.2 Å². The first-order valence-electron chi connectivity index (χ1n) is 14.0. The molecule has 2 saturated heterocycles. The molecule has 14 heteroatoms. The maximum absolute atomic E-state index is 12.9. The number of amides is 6. The number of imide groups is 2. The Morgan fingerprint density at radius 1 is 0.929 bits per heavy atom. The van der Waals surface area contributed by atoms with Gasteiger partial charge in [-0.2, -0.15) is 0 Å². The van der Waals surface area contributed by atoms with Gasteiger partial charge >= 0.3 is 0 Å². The van der Waals surface area contributed by atoms with E-state index in [9.17, 15) is 33.6 Å². The monoisotopic (exact) mass is 610 g/mol. The highest BCUT2D eigenvalue weighted by Gasteiger charge is 2.41. The van der Waals surface area contributed by atoms with Crippen LogP contribution in [0.2, 0.25) is 0 Å². The molecular formula is C28H42N4O9S. The summed E-state index contributed by atoms with van der Waals surface area (Å²) in [7, 11) is 0. The number of hydrogen-bond acceptors (Lipinski definition) is 10. The average Bonchev–Trinajstić information content (AvgIpc) is 3.35. The van der Waals surface area contributed by atoms with Crippen molar-refractivity contribution in [2.75, 3.05) is 32.1 Å².